The van der Waals surface area contributed by atoms with Crippen LogP contribution in [-0.2, 0) is 32.1 Å². The zero-order valence-corrected chi connectivity index (χ0v) is 18.5. The Bertz CT molecular complexity index is 909. The molecule has 3 N–H and O–H groups in total. The molecule has 174 valence electrons. The van der Waals surface area contributed by atoms with Gasteiger partial charge >= 0.3 is 12.0 Å². The average Bonchev–Trinajstić information content (AvgIpc) is 3.13. The van der Waals surface area contributed by atoms with Gasteiger partial charge < -0.3 is 30.1 Å². The SMILES string of the molecule is CNC(=O)N1CC(=O)N(CC2Cc3c(sc(NC4CCCCO4)c3C(=O)O)CO2)C(=O)C1. The molecule has 32 heavy (non-hydrogen) atoms. The largest absolute Gasteiger partial charge is 0.478 e. The van der Waals surface area contributed by atoms with E-state index in [0.29, 0.717) is 17.2 Å². The lowest BCUT2D eigenvalue weighted by Crippen LogP contribution is -2.58. The lowest BCUT2D eigenvalue weighted by molar-refractivity contribution is -0.152. The molecule has 0 radical (unpaired) electrons. The zero-order valence-electron chi connectivity index (χ0n) is 17.7. The minimum Gasteiger partial charge on any atom is -0.478 e. The van der Waals surface area contributed by atoms with Crippen LogP contribution in [0.15, 0.2) is 0 Å². The molecular formula is C20H26N4O7S. The summed E-state index contributed by atoms with van der Waals surface area (Å²) in [6.07, 6.45) is 2.36. The Morgan fingerprint density at radius 2 is 1.94 bits per heavy atom. The number of hydrogen-bond donors (Lipinski definition) is 3. The van der Waals surface area contributed by atoms with E-state index in [9.17, 15) is 24.3 Å². The van der Waals surface area contributed by atoms with E-state index in [0.717, 1.165) is 33.9 Å². The Labute approximate surface area is 188 Å². The van der Waals surface area contributed by atoms with Crippen molar-refractivity contribution in [2.24, 2.45) is 0 Å². The zero-order chi connectivity index (χ0) is 22.8. The van der Waals surface area contributed by atoms with E-state index >= 15 is 0 Å². The van der Waals surface area contributed by atoms with E-state index in [1.807, 2.05) is 0 Å². The van der Waals surface area contributed by atoms with Gasteiger partial charge in [-0.05, 0) is 24.8 Å². The number of rotatable bonds is 5. The number of piperazine rings is 1. The fourth-order valence-electron chi connectivity index (χ4n) is 4.17. The number of urea groups is 1. The summed E-state index contributed by atoms with van der Waals surface area (Å²) in [5.74, 6) is -2.01. The number of amides is 4. The third-order valence-corrected chi connectivity index (χ3v) is 6.94. The molecule has 0 aromatic carbocycles. The number of anilines is 1. The van der Waals surface area contributed by atoms with Crippen LogP contribution in [0, 0.1) is 0 Å². The van der Waals surface area contributed by atoms with Crippen LogP contribution in [0.5, 0.6) is 0 Å². The lowest BCUT2D eigenvalue weighted by atomic mass is 10.00. The van der Waals surface area contributed by atoms with Gasteiger partial charge in [0.1, 0.15) is 24.3 Å². The summed E-state index contributed by atoms with van der Waals surface area (Å²) in [6, 6.07) is -0.490. The topological polar surface area (TPSA) is 138 Å². The number of imide groups is 1. The van der Waals surface area contributed by atoms with Crippen molar-refractivity contribution >= 4 is 40.2 Å². The van der Waals surface area contributed by atoms with Crippen LogP contribution in [0.1, 0.15) is 40.1 Å². The summed E-state index contributed by atoms with van der Waals surface area (Å²) in [5, 5.41) is 16.0. The Morgan fingerprint density at radius 1 is 1.19 bits per heavy atom. The third-order valence-electron chi connectivity index (χ3n) is 5.80. The lowest BCUT2D eigenvalue weighted by Gasteiger charge is -2.35. The first-order valence-electron chi connectivity index (χ1n) is 10.5. The number of carbonyl (C=O) groups excluding carboxylic acids is 3. The highest BCUT2D eigenvalue weighted by atomic mass is 32.1. The fourth-order valence-corrected chi connectivity index (χ4v) is 5.36. The number of nitrogens with zero attached hydrogens (tertiary/aromatic N) is 2. The molecule has 4 amide bonds. The van der Waals surface area contributed by atoms with Crippen molar-refractivity contribution in [1.29, 1.82) is 0 Å². The van der Waals surface area contributed by atoms with Gasteiger partial charge in [0.2, 0.25) is 11.8 Å². The molecule has 4 rings (SSSR count). The second-order valence-electron chi connectivity index (χ2n) is 7.96. The first-order valence-corrected chi connectivity index (χ1v) is 11.4. The van der Waals surface area contributed by atoms with Crippen LogP contribution < -0.4 is 10.6 Å². The molecule has 12 heteroatoms. The molecule has 1 aromatic heterocycles. The number of carbonyl (C=O) groups is 4. The number of thiophene rings is 1. The summed E-state index contributed by atoms with van der Waals surface area (Å²) in [4.78, 5) is 51.8. The number of nitrogens with one attached hydrogen (secondary N) is 2. The van der Waals surface area contributed by atoms with Crippen molar-refractivity contribution in [2.45, 2.75) is 44.6 Å². The van der Waals surface area contributed by atoms with Crippen molar-refractivity contribution in [1.82, 2.24) is 15.1 Å². The second-order valence-corrected chi connectivity index (χ2v) is 9.06. The number of hydrogen-bond acceptors (Lipinski definition) is 8. The van der Waals surface area contributed by atoms with Crippen LogP contribution in [0.4, 0.5) is 9.80 Å². The van der Waals surface area contributed by atoms with E-state index in [1.165, 1.54) is 18.4 Å². The Morgan fingerprint density at radius 3 is 2.56 bits per heavy atom. The molecule has 0 bridgehead atoms. The molecule has 2 unspecified atom stereocenters. The highest BCUT2D eigenvalue weighted by Gasteiger charge is 2.37. The third kappa shape index (κ3) is 4.57. The number of ether oxygens (including phenoxy) is 2. The Balaban J connectivity index is 1.46. The van der Waals surface area contributed by atoms with Crippen molar-refractivity contribution in [3.63, 3.8) is 0 Å². The summed E-state index contributed by atoms with van der Waals surface area (Å²) < 4.78 is 11.5. The average molecular weight is 467 g/mol. The van der Waals surface area contributed by atoms with Gasteiger partial charge in [-0.1, -0.05) is 0 Å². The Kier molecular flexibility index (Phi) is 6.63. The van der Waals surface area contributed by atoms with Crippen LogP contribution in [0.2, 0.25) is 0 Å². The van der Waals surface area contributed by atoms with Gasteiger partial charge in [0.25, 0.3) is 0 Å². The summed E-state index contributed by atoms with van der Waals surface area (Å²) in [6.45, 7) is 0.474. The molecule has 2 fully saturated rings. The molecule has 1 aromatic rings. The maximum atomic E-state index is 12.5. The molecule has 3 aliphatic heterocycles. The molecule has 2 saturated heterocycles. The second kappa shape index (κ2) is 9.43. The maximum Gasteiger partial charge on any atom is 0.338 e. The molecular weight excluding hydrogens is 440 g/mol. The predicted octanol–water partition coefficient (Wildman–Crippen LogP) is 0.836. The maximum absolute atomic E-state index is 12.5. The monoisotopic (exact) mass is 466 g/mol. The van der Waals surface area contributed by atoms with Crippen molar-refractivity contribution in [2.75, 3.05) is 38.6 Å². The van der Waals surface area contributed by atoms with Gasteiger partial charge in [-0.15, -0.1) is 11.3 Å². The van der Waals surface area contributed by atoms with E-state index in [4.69, 9.17) is 9.47 Å². The van der Waals surface area contributed by atoms with Crippen LogP contribution in [0.25, 0.3) is 0 Å². The molecule has 3 aliphatic rings. The van der Waals surface area contributed by atoms with Gasteiger partial charge in [-0.25, -0.2) is 9.59 Å². The molecule has 0 spiro atoms. The highest BCUT2D eigenvalue weighted by molar-refractivity contribution is 7.16. The quantitative estimate of drug-likeness (QED) is 0.543. The van der Waals surface area contributed by atoms with Crippen molar-refractivity contribution < 1.29 is 33.8 Å². The van der Waals surface area contributed by atoms with Gasteiger partial charge in [0.05, 0.1) is 24.8 Å². The van der Waals surface area contributed by atoms with E-state index in [1.54, 1.807) is 0 Å². The van der Waals surface area contributed by atoms with Crippen LogP contribution in [-0.4, -0.2) is 84.3 Å². The van der Waals surface area contributed by atoms with Crippen molar-refractivity contribution in [3.05, 3.63) is 16.0 Å². The molecule has 2 atom stereocenters. The first kappa shape index (κ1) is 22.5. The Hall–Kier alpha value is -2.70. The summed E-state index contributed by atoms with van der Waals surface area (Å²) in [7, 11) is 1.43. The van der Waals surface area contributed by atoms with Crippen LogP contribution >= 0.6 is 11.3 Å². The summed E-state index contributed by atoms with van der Waals surface area (Å²) in [5.41, 5.74) is 0.871. The number of carboxylic acids is 1. The minimum absolute atomic E-state index is 0.0160. The van der Waals surface area contributed by atoms with Gasteiger partial charge in [0, 0.05) is 25.0 Å². The number of fused-ring (bicyclic) bond motifs is 1. The van der Waals surface area contributed by atoms with Gasteiger partial charge in [-0.3, -0.25) is 14.5 Å². The molecule has 0 aliphatic carbocycles. The molecule has 0 saturated carbocycles. The number of carboxylic acid groups (broad SMARTS) is 1. The highest BCUT2D eigenvalue weighted by Crippen LogP contribution is 2.39. The summed E-state index contributed by atoms with van der Waals surface area (Å²) >= 11 is 1.34. The van der Waals surface area contributed by atoms with E-state index in [2.05, 4.69) is 10.6 Å². The molecule has 4 heterocycles. The normalized spacial score (nSPS) is 23.7. The molecule has 11 nitrogen and oxygen atoms in total. The smallest absolute Gasteiger partial charge is 0.338 e. The fraction of sp³-hybridized carbons (Fsp3) is 0.600. The van der Waals surface area contributed by atoms with E-state index in [-0.39, 0.29) is 44.5 Å². The van der Waals surface area contributed by atoms with Crippen molar-refractivity contribution in [3.8, 4) is 0 Å². The number of aromatic carboxylic acids is 1. The standard InChI is InChI=1S/C20H26N4O7S/c1-21-20(29)23-8-15(25)24(16(26)9-23)7-11-6-12-13(10-31-11)32-18(17(12)19(27)28)22-14-4-2-3-5-30-14/h11,14,22H,2-10H2,1H3,(H,21,29)(H,27,28). The van der Waals surface area contributed by atoms with Gasteiger partial charge in [-0.2, -0.15) is 0 Å². The minimum atomic E-state index is -1.03. The van der Waals surface area contributed by atoms with E-state index < -0.39 is 29.9 Å². The predicted molar refractivity (Wildman–Crippen MR) is 114 cm³/mol. The first-order chi connectivity index (χ1) is 15.4. The van der Waals surface area contributed by atoms with Gasteiger partial charge in [0.15, 0.2) is 0 Å². The van der Waals surface area contributed by atoms with Crippen LogP contribution in [0.3, 0.4) is 0 Å².